The summed E-state index contributed by atoms with van der Waals surface area (Å²) in [6.45, 7) is 2.11. The molecule has 2 aromatic carbocycles. The molecule has 0 N–H and O–H groups in total. The lowest BCUT2D eigenvalue weighted by Gasteiger charge is -2.13. The van der Waals surface area contributed by atoms with Crippen molar-refractivity contribution in [1.29, 1.82) is 0 Å². The van der Waals surface area contributed by atoms with Gasteiger partial charge in [-0.2, -0.15) is 0 Å². The first-order valence-corrected chi connectivity index (χ1v) is 7.26. The lowest BCUT2D eigenvalue weighted by Crippen LogP contribution is -1.95. The van der Waals surface area contributed by atoms with E-state index in [1.807, 2.05) is 12.1 Å². The first-order chi connectivity index (χ1) is 9.18. The topological polar surface area (TPSA) is 13.1 Å². The van der Waals surface area contributed by atoms with E-state index in [1.165, 1.54) is 16.3 Å². The number of fused-ring (bicyclic) bond motifs is 1. The number of aryl methyl sites for hydroxylation is 1. The fourth-order valence-corrected chi connectivity index (χ4v) is 3.31. The maximum Gasteiger partial charge on any atom is 0.173 e. The van der Waals surface area contributed by atoms with Crippen molar-refractivity contribution in [2.24, 2.45) is 0 Å². The summed E-state index contributed by atoms with van der Waals surface area (Å²) in [5.41, 5.74) is 3.31. The average molecular weight is 336 g/mol. The van der Waals surface area contributed by atoms with Gasteiger partial charge in [0.1, 0.15) is 0 Å². The molecule has 1 atom stereocenters. The number of halogens is 2. The molecule has 1 aromatic heterocycles. The summed E-state index contributed by atoms with van der Waals surface area (Å²) in [5.74, 6) is 0. The van der Waals surface area contributed by atoms with Crippen LogP contribution in [0.2, 0.25) is 0 Å². The van der Waals surface area contributed by atoms with E-state index in [0.717, 1.165) is 11.1 Å². The van der Waals surface area contributed by atoms with Crippen molar-refractivity contribution < 1.29 is 4.42 Å². The van der Waals surface area contributed by atoms with Crippen LogP contribution in [0.3, 0.4) is 0 Å². The van der Waals surface area contributed by atoms with Gasteiger partial charge in [0.25, 0.3) is 0 Å². The molecule has 0 bridgehead atoms. The molecule has 1 unspecified atom stereocenters. The fraction of sp³-hybridized carbons (Fsp3) is 0.125. The van der Waals surface area contributed by atoms with Crippen LogP contribution in [0.15, 0.2) is 57.8 Å². The summed E-state index contributed by atoms with van der Waals surface area (Å²) in [6, 6.07) is 14.4. The van der Waals surface area contributed by atoms with Crippen LogP contribution in [0.1, 0.15) is 22.1 Å². The van der Waals surface area contributed by atoms with E-state index in [4.69, 9.17) is 16.0 Å². The van der Waals surface area contributed by atoms with Crippen LogP contribution in [-0.2, 0) is 0 Å². The van der Waals surface area contributed by atoms with E-state index in [-0.39, 0.29) is 5.38 Å². The second-order valence-corrected chi connectivity index (χ2v) is 5.69. The van der Waals surface area contributed by atoms with Crippen LogP contribution in [-0.4, -0.2) is 0 Å². The van der Waals surface area contributed by atoms with Gasteiger partial charge in [0, 0.05) is 5.56 Å². The minimum absolute atomic E-state index is 0.223. The molecule has 19 heavy (non-hydrogen) atoms. The Morgan fingerprint density at radius 1 is 1.00 bits per heavy atom. The van der Waals surface area contributed by atoms with Gasteiger partial charge in [-0.15, -0.1) is 11.6 Å². The maximum absolute atomic E-state index is 6.62. The number of hydrogen-bond donors (Lipinski definition) is 0. The zero-order valence-corrected chi connectivity index (χ0v) is 12.7. The molecule has 0 saturated carbocycles. The fourth-order valence-electron chi connectivity index (χ4n) is 2.35. The van der Waals surface area contributed by atoms with Gasteiger partial charge in [0.2, 0.25) is 0 Å². The Hall–Kier alpha value is -1.25. The van der Waals surface area contributed by atoms with Crippen LogP contribution >= 0.6 is 27.5 Å². The summed E-state index contributed by atoms with van der Waals surface area (Å²) in [7, 11) is 0. The molecule has 3 aromatic rings. The van der Waals surface area contributed by atoms with Crippen LogP contribution in [0.25, 0.3) is 10.8 Å². The molecule has 0 saturated heterocycles. The van der Waals surface area contributed by atoms with Crippen LogP contribution in [0, 0.1) is 6.92 Å². The van der Waals surface area contributed by atoms with E-state index < -0.39 is 0 Å². The predicted octanol–water partition coefficient (Wildman–Crippen LogP) is 5.83. The van der Waals surface area contributed by atoms with Gasteiger partial charge in [-0.25, -0.2) is 0 Å². The average Bonchev–Trinajstić information content (AvgIpc) is 2.85. The number of benzene rings is 2. The first kappa shape index (κ1) is 12.8. The third-order valence-electron chi connectivity index (χ3n) is 3.37. The number of alkyl halides is 1. The van der Waals surface area contributed by atoms with Gasteiger partial charge in [-0.1, -0.05) is 36.4 Å². The van der Waals surface area contributed by atoms with Gasteiger partial charge >= 0.3 is 0 Å². The number of furan rings is 1. The molecule has 1 heterocycles. The summed E-state index contributed by atoms with van der Waals surface area (Å²) in [5, 5.41) is 2.21. The quantitative estimate of drug-likeness (QED) is 0.537. The molecule has 0 aliphatic heterocycles. The minimum atomic E-state index is -0.223. The van der Waals surface area contributed by atoms with Crippen molar-refractivity contribution in [3.05, 3.63) is 70.1 Å². The SMILES string of the molecule is Cc1ccc(C(Cl)c2ccoc2Br)c2ccccc12. The Labute approximate surface area is 125 Å². The van der Waals surface area contributed by atoms with Crippen molar-refractivity contribution in [1.82, 2.24) is 0 Å². The third kappa shape index (κ3) is 2.19. The van der Waals surface area contributed by atoms with Gasteiger partial charge in [0.05, 0.1) is 11.6 Å². The Kier molecular flexibility index (Phi) is 3.38. The Balaban J connectivity index is 2.21. The highest BCUT2D eigenvalue weighted by Gasteiger charge is 2.18. The molecule has 1 nitrogen and oxygen atoms in total. The number of hydrogen-bond acceptors (Lipinski definition) is 1. The largest absolute Gasteiger partial charge is 0.457 e. The summed E-state index contributed by atoms with van der Waals surface area (Å²) in [4.78, 5) is 0. The zero-order valence-electron chi connectivity index (χ0n) is 10.4. The standard InChI is InChI=1S/C16H12BrClO/c1-10-6-7-13(12-5-3-2-4-11(10)12)15(18)14-8-9-19-16(14)17/h2-9,15H,1H3. The van der Waals surface area contributed by atoms with Gasteiger partial charge in [-0.05, 0) is 50.8 Å². The lowest BCUT2D eigenvalue weighted by molar-refractivity contribution is 0.537. The molecule has 3 rings (SSSR count). The first-order valence-electron chi connectivity index (χ1n) is 6.03. The van der Waals surface area contributed by atoms with E-state index >= 15 is 0 Å². The summed E-state index contributed by atoms with van der Waals surface area (Å²) >= 11 is 10.0. The summed E-state index contributed by atoms with van der Waals surface area (Å²) in [6.07, 6.45) is 1.64. The van der Waals surface area contributed by atoms with Gasteiger partial charge in [-0.3, -0.25) is 0 Å². The second kappa shape index (κ2) is 5.03. The van der Waals surface area contributed by atoms with Gasteiger partial charge < -0.3 is 4.42 Å². The van der Waals surface area contributed by atoms with Crippen molar-refractivity contribution in [3.63, 3.8) is 0 Å². The molecule has 0 radical (unpaired) electrons. The van der Waals surface area contributed by atoms with Crippen LogP contribution in [0.4, 0.5) is 0 Å². The van der Waals surface area contributed by atoms with Crippen molar-refractivity contribution in [2.45, 2.75) is 12.3 Å². The molecule has 3 heteroatoms. The van der Waals surface area contributed by atoms with Gasteiger partial charge in [0.15, 0.2) is 4.67 Å². The van der Waals surface area contributed by atoms with Crippen molar-refractivity contribution >= 4 is 38.3 Å². The van der Waals surface area contributed by atoms with E-state index in [0.29, 0.717) is 4.67 Å². The molecular weight excluding hydrogens is 324 g/mol. The number of rotatable bonds is 2. The highest BCUT2D eigenvalue weighted by atomic mass is 79.9. The second-order valence-electron chi connectivity index (χ2n) is 4.53. The lowest BCUT2D eigenvalue weighted by atomic mass is 9.96. The van der Waals surface area contributed by atoms with E-state index in [2.05, 4.69) is 53.2 Å². The minimum Gasteiger partial charge on any atom is -0.457 e. The van der Waals surface area contributed by atoms with Crippen LogP contribution in [0.5, 0.6) is 0 Å². The highest BCUT2D eigenvalue weighted by molar-refractivity contribution is 9.10. The molecule has 0 aliphatic carbocycles. The third-order valence-corrected chi connectivity index (χ3v) is 4.48. The highest BCUT2D eigenvalue weighted by Crippen LogP contribution is 2.38. The smallest absolute Gasteiger partial charge is 0.173 e. The van der Waals surface area contributed by atoms with E-state index in [1.54, 1.807) is 6.26 Å². The van der Waals surface area contributed by atoms with E-state index in [9.17, 15) is 0 Å². The predicted molar refractivity (Wildman–Crippen MR) is 82.8 cm³/mol. The normalized spacial score (nSPS) is 12.8. The molecule has 0 amide bonds. The molecule has 0 aliphatic rings. The Morgan fingerprint density at radius 3 is 2.42 bits per heavy atom. The van der Waals surface area contributed by atoms with Crippen LogP contribution < -0.4 is 0 Å². The Morgan fingerprint density at radius 2 is 1.74 bits per heavy atom. The zero-order chi connectivity index (χ0) is 13.4. The molecule has 0 spiro atoms. The molecule has 96 valence electrons. The molecule has 0 fully saturated rings. The van der Waals surface area contributed by atoms with Crippen molar-refractivity contribution in [3.8, 4) is 0 Å². The monoisotopic (exact) mass is 334 g/mol. The Bertz CT molecular complexity index is 732. The maximum atomic E-state index is 6.62. The summed E-state index contributed by atoms with van der Waals surface area (Å²) < 4.78 is 5.97. The van der Waals surface area contributed by atoms with Crippen molar-refractivity contribution in [2.75, 3.05) is 0 Å². The molecular formula is C16H12BrClO.